The van der Waals surface area contributed by atoms with Crippen LogP contribution < -0.4 is 5.32 Å². The third kappa shape index (κ3) is 12.8. The van der Waals surface area contributed by atoms with Crippen LogP contribution in [-0.2, 0) is 0 Å². The molecule has 0 aromatic heterocycles. The monoisotopic (exact) mass is 176 g/mol. The fourth-order valence-corrected chi connectivity index (χ4v) is 0.769. The van der Waals surface area contributed by atoms with E-state index >= 15 is 0 Å². The molecule has 0 saturated heterocycles. The van der Waals surface area contributed by atoms with Crippen LogP contribution in [0, 0.1) is 11.3 Å². The lowest BCUT2D eigenvalue weighted by molar-refractivity contribution is 0.622. The van der Waals surface area contributed by atoms with E-state index in [-0.39, 0.29) is 12.4 Å². The van der Waals surface area contributed by atoms with Gasteiger partial charge in [0.05, 0.1) is 6.07 Å². The van der Waals surface area contributed by atoms with Crippen LogP contribution in [-0.4, -0.2) is 13.1 Å². The zero-order valence-corrected chi connectivity index (χ0v) is 7.91. The minimum absolute atomic E-state index is 0. The molecule has 0 heterocycles. The molecule has 0 aromatic carbocycles. The Bertz CT molecular complexity index is 98.8. The van der Waals surface area contributed by atoms with Gasteiger partial charge in [0.25, 0.3) is 0 Å². The summed E-state index contributed by atoms with van der Waals surface area (Å²) in [7, 11) is 0. The van der Waals surface area contributed by atoms with Gasteiger partial charge in [-0.15, -0.1) is 12.4 Å². The van der Waals surface area contributed by atoms with Gasteiger partial charge in [0.1, 0.15) is 0 Å². The lowest BCUT2D eigenvalue weighted by Crippen LogP contribution is -2.15. The second-order valence-electron chi connectivity index (χ2n) is 2.37. The average Bonchev–Trinajstić information content (AvgIpc) is 1.97. The molecule has 0 atom stereocenters. The highest BCUT2D eigenvalue weighted by Crippen LogP contribution is 1.90. The van der Waals surface area contributed by atoms with Crippen molar-refractivity contribution in [2.75, 3.05) is 13.1 Å². The number of nitrogens with one attached hydrogen (secondary N) is 1. The fraction of sp³-hybridized carbons (Fsp3) is 0.875. The Balaban J connectivity index is 0. The summed E-state index contributed by atoms with van der Waals surface area (Å²) < 4.78 is 0. The highest BCUT2D eigenvalue weighted by Gasteiger charge is 1.85. The first-order chi connectivity index (χ1) is 4.91. The lowest BCUT2D eigenvalue weighted by Gasteiger charge is -1.98. The summed E-state index contributed by atoms with van der Waals surface area (Å²) in [6, 6.07) is 2.10. The van der Waals surface area contributed by atoms with Crippen molar-refractivity contribution in [1.29, 1.82) is 5.26 Å². The van der Waals surface area contributed by atoms with Crippen molar-refractivity contribution in [2.45, 2.75) is 32.6 Å². The van der Waals surface area contributed by atoms with E-state index in [4.69, 9.17) is 5.26 Å². The molecule has 0 unspecified atom stereocenters. The van der Waals surface area contributed by atoms with E-state index in [2.05, 4.69) is 18.3 Å². The molecule has 0 rings (SSSR count). The molecule has 1 N–H and O–H groups in total. The van der Waals surface area contributed by atoms with Crippen molar-refractivity contribution in [2.24, 2.45) is 0 Å². The van der Waals surface area contributed by atoms with Crippen LogP contribution in [0.3, 0.4) is 0 Å². The smallest absolute Gasteiger partial charge is 0.0635 e. The lowest BCUT2D eigenvalue weighted by atomic mass is 10.2. The Morgan fingerprint density at radius 3 is 2.55 bits per heavy atom. The molecule has 3 heteroatoms. The van der Waals surface area contributed by atoms with E-state index in [1.807, 2.05) is 0 Å². The zero-order valence-electron chi connectivity index (χ0n) is 7.10. The van der Waals surface area contributed by atoms with Crippen molar-refractivity contribution in [3.63, 3.8) is 0 Å². The largest absolute Gasteiger partial charge is 0.316 e. The predicted octanol–water partition coefficient (Wildman–Crippen LogP) is 2.10. The van der Waals surface area contributed by atoms with Crippen LogP contribution in [0.5, 0.6) is 0 Å². The van der Waals surface area contributed by atoms with Gasteiger partial charge in [-0.25, -0.2) is 0 Å². The zero-order chi connectivity index (χ0) is 7.66. The second-order valence-corrected chi connectivity index (χ2v) is 2.37. The van der Waals surface area contributed by atoms with Gasteiger partial charge >= 0.3 is 0 Å². The predicted molar refractivity (Wildman–Crippen MR) is 49.9 cm³/mol. The van der Waals surface area contributed by atoms with Crippen molar-refractivity contribution in [3.8, 4) is 6.07 Å². The number of halogens is 1. The van der Waals surface area contributed by atoms with E-state index in [0.717, 1.165) is 13.1 Å². The van der Waals surface area contributed by atoms with E-state index in [9.17, 15) is 0 Å². The molecule has 0 spiro atoms. The summed E-state index contributed by atoms with van der Waals surface area (Å²) in [5.74, 6) is 0. The van der Waals surface area contributed by atoms with Crippen molar-refractivity contribution >= 4 is 12.4 Å². The molecule has 11 heavy (non-hydrogen) atoms. The Morgan fingerprint density at radius 1 is 1.27 bits per heavy atom. The number of nitriles is 1. The van der Waals surface area contributed by atoms with Gasteiger partial charge in [0.2, 0.25) is 0 Å². The maximum absolute atomic E-state index is 8.18. The van der Waals surface area contributed by atoms with Gasteiger partial charge < -0.3 is 5.32 Å². The Kier molecular flexibility index (Phi) is 15.1. The Labute approximate surface area is 75.4 Å². The minimum atomic E-state index is 0. The molecule has 0 aliphatic heterocycles. The van der Waals surface area contributed by atoms with Gasteiger partial charge in [-0.05, 0) is 13.0 Å². The molecule has 0 fully saturated rings. The molecule has 0 aromatic rings. The summed E-state index contributed by atoms with van der Waals surface area (Å²) in [5.41, 5.74) is 0. The number of unbranched alkanes of at least 4 members (excludes halogenated alkanes) is 2. The van der Waals surface area contributed by atoms with Gasteiger partial charge in [-0.3, -0.25) is 0 Å². The number of hydrogen-bond acceptors (Lipinski definition) is 2. The minimum Gasteiger partial charge on any atom is -0.316 e. The Hall–Kier alpha value is -0.260. The van der Waals surface area contributed by atoms with Gasteiger partial charge in [0.15, 0.2) is 0 Å². The highest BCUT2D eigenvalue weighted by molar-refractivity contribution is 5.85. The molecule has 0 aliphatic rings. The van der Waals surface area contributed by atoms with E-state index in [0.29, 0.717) is 6.42 Å². The topological polar surface area (TPSA) is 35.8 Å². The first kappa shape index (κ1) is 13.3. The molecular weight excluding hydrogens is 160 g/mol. The normalized spacial score (nSPS) is 8.36. The van der Waals surface area contributed by atoms with Gasteiger partial charge in [-0.1, -0.05) is 19.8 Å². The van der Waals surface area contributed by atoms with E-state index < -0.39 is 0 Å². The SMILES string of the molecule is CCCCCNCCC#N.Cl. The standard InChI is InChI=1S/C8H16N2.ClH/c1-2-3-4-7-10-8-5-6-9;/h10H,2-5,7-8H2,1H3;1H. The van der Waals surface area contributed by atoms with Crippen LogP contribution in [0.15, 0.2) is 0 Å². The molecule has 0 aliphatic carbocycles. The van der Waals surface area contributed by atoms with Crippen LogP contribution in [0.2, 0.25) is 0 Å². The quantitative estimate of drug-likeness (QED) is 0.630. The van der Waals surface area contributed by atoms with Crippen molar-refractivity contribution in [3.05, 3.63) is 0 Å². The molecule has 0 amide bonds. The highest BCUT2D eigenvalue weighted by atomic mass is 35.5. The first-order valence-electron chi connectivity index (χ1n) is 3.99. The van der Waals surface area contributed by atoms with Gasteiger partial charge in [0, 0.05) is 13.0 Å². The van der Waals surface area contributed by atoms with Crippen molar-refractivity contribution < 1.29 is 0 Å². The third-order valence-electron chi connectivity index (χ3n) is 1.37. The van der Waals surface area contributed by atoms with Crippen LogP contribution in [0.1, 0.15) is 32.6 Å². The summed E-state index contributed by atoms with van der Waals surface area (Å²) >= 11 is 0. The third-order valence-corrected chi connectivity index (χ3v) is 1.37. The van der Waals surface area contributed by atoms with E-state index in [1.54, 1.807) is 0 Å². The fourth-order valence-electron chi connectivity index (χ4n) is 0.769. The molecule has 0 saturated carbocycles. The molecule has 2 nitrogen and oxygen atoms in total. The molecule has 0 radical (unpaired) electrons. The Morgan fingerprint density at radius 2 is 2.00 bits per heavy atom. The van der Waals surface area contributed by atoms with Crippen LogP contribution in [0.25, 0.3) is 0 Å². The summed E-state index contributed by atoms with van der Waals surface area (Å²) in [6.45, 7) is 4.10. The first-order valence-corrected chi connectivity index (χ1v) is 3.99. The average molecular weight is 177 g/mol. The van der Waals surface area contributed by atoms with Crippen molar-refractivity contribution in [1.82, 2.24) is 5.32 Å². The van der Waals surface area contributed by atoms with Crippen LogP contribution >= 0.6 is 12.4 Å². The maximum Gasteiger partial charge on any atom is 0.0635 e. The molecule has 66 valence electrons. The van der Waals surface area contributed by atoms with E-state index in [1.165, 1.54) is 19.3 Å². The summed E-state index contributed by atoms with van der Waals surface area (Å²) in [4.78, 5) is 0. The number of hydrogen-bond donors (Lipinski definition) is 1. The summed E-state index contributed by atoms with van der Waals surface area (Å²) in [6.07, 6.45) is 4.42. The molecule has 0 bridgehead atoms. The van der Waals surface area contributed by atoms with Gasteiger partial charge in [-0.2, -0.15) is 5.26 Å². The molecular formula is C8H17ClN2. The summed E-state index contributed by atoms with van der Waals surface area (Å²) in [5, 5.41) is 11.4. The maximum atomic E-state index is 8.18. The number of rotatable bonds is 6. The number of nitrogens with zero attached hydrogens (tertiary/aromatic N) is 1. The van der Waals surface area contributed by atoms with Crippen LogP contribution in [0.4, 0.5) is 0 Å². The second kappa shape index (κ2) is 12.4.